The summed E-state index contributed by atoms with van der Waals surface area (Å²) in [5.41, 5.74) is 0.0409. The van der Waals surface area contributed by atoms with E-state index < -0.39 is 11.1 Å². The van der Waals surface area contributed by atoms with Crippen molar-refractivity contribution in [3.05, 3.63) is 29.6 Å². The van der Waals surface area contributed by atoms with Crippen LogP contribution in [0, 0.1) is 5.82 Å². The number of rotatable bonds is 2. The van der Waals surface area contributed by atoms with Gasteiger partial charge in [0, 0.05) is 0 Å². The molecule has 0 aromatic heterocycles. The second-order valence-corrected chi connectivity index (χ2v) is 2.44. The van der Waals surface area contributed by atoms with Gasteiger partial charge in [-0.15, -0.1) is 0 Å². The van der Waals surface area contributed by atoms with Crippen molar-refractivity contribution < 1.29 is 13.9 Å². The first-order valence-corrected chi connectivity index (χ1v) is 3.57. The molecule has 0 spiro atoms. The second-order valence-electron chi connectivity index (χ2n) is 2.09. The van der Waals surface area contributed by atoms with E-state index in [1.807, 2.05) is 0 Å². The summed E-state index contributed by atoms with van der Waals surface area (Å²) in [6, 6.07) is 3.99. The predicted molar refractivity (Wildman–Crippen MR) is 43.1 cm³/mol. The van der Waals surface area contributed by atoms with Crippen LogP contribution in [0.25, 0.3) is 0 Å². The van der Waals surface area contributed by atoms with Crippen molar-refractivity contribution in [1.82, 2.24) is 0 Å². The van der Waals surface area contributed by atoms with Crippen molar-refractivity contribution in [3.63, 3.8) is 0 Å². The molecule has 1 aromatic rings. The Kier molecular flexibility index (Phi) is 2.65. The molecule has 0 aliphatic carbocycles. The monoisotopic (exact) mass is 188 g/mol. The zero-order chi connectivity index (χ0) is 9.14. The van der Waals surface area contributed by atoms with Crippen molar-refractivity contribution in [2.24, 2.45) is 0 Å². The molecule has 0 N–H and O–H groups in total. The topological polar surface area (TPSA) is 26.3 Å². The van der Waals surface area contributed by atoms with Crippen LogP contribution in [0.3, 0.4) is 0 Å². The zero-order valence-electron chi connectivity index (χ0n) is 6.30. The lowest BCUT2D eigenvalue weighted by atomic mass is 10.2. The van der Waals surface area contributed by atoms with Crippen molar-refractivity contribution in [3.8, 4) is 5.75 Å². The maximum absolute atomic E-state index is 12.9. The fourth-order valence-electron chi connectivity index (χ4n) is 0.871. The lowest BCUT2D eigenvalue weighted by Gasteiger charge is -2.04. The molecule has 0 aliphatic rings. The minimum atomic E-state index is -0.730. The Bertz CT molecular complexity index is 312. The van der Waals surface area contributed by atoms with E-state index in [4.69, 9.17) is 11.6 Å². The summed E-state index contributed by atoms with van der Waals surface area (Å²) in [6.07, 6.45) is 0. The quantitative estimate of drug-likeness (QED) is 0.666. The summed E-state index contributed by atoms with van der Waals surface area (Å²) in [5, 5.41) is -0.730. The molecule has 12 heavy (non-hydrogen) atoms. The van der Waals surface area contributed by atoms with Crippen LogP contribution in [-0.2, 0) is 0 Å². The van der Waals surface area contributed by atoms with Gasteiger partial charge in [-0.1, -0.05) is 6.07 Å². The molecule has 0 fully saturated rings. The Morgan fingerprint density at radius 3 is 2.67 bits per heavy atom. The number of hydrogen-bond donors (Lipinski definition) is 0. The first-order chi connectivity index (χ1) is 5.66. The smallest absolute Gasteiger partial charge is 0.256 e. The fraction of sp³-hybridized carbons (Fsp3) is 0.125. The van der Waals surface area contributed by atoms with Gasteiger partial charge in [0.25, 0.3) is 5.24 Å². The van der Waals surface area contributed by atoms with E-state index >= 15 is 0 Å². The molecule has 0 amide bonds. The molecule has 0 heterocycles. The first-order valence-electron chi connectivity index (χ1n) is 3.19. The summed E-state index contributed by atoms with van der Waals surface area (Å²) >= 11 is 5.17. The van der Waals surface area contributed by atoms with Crippen molar-refractivity contribution >= 4 is 16.8 Å². The van der Waals surface area contributed by atoms with Crippen LogP contribution in [0.4, 0.5) is 4.39 Å². The van der Waals surface area contributed by atoms with E-state index in [0.717, 1.165) is 0 Å². The van der Waals surface area contributed by atoms with Crippen LogP contribution in [0.1, 0.15) is 10.4 Å². The lowest BCUT2D eigenvalue weighted by Crippen LogP contribution is -1.97. The molecule has 0 saturated carbocycles. The van der Waals surface area contributed by atoms with Crippen LogP contribution >= 0.6 is 11.6 Å². The number of benzene rings is 1. The van der Waals surface area contributed by atoms with Crippen LogP contribution in [-0.4, -0.2) is 12.4 Å². The minimum Gasteiger partial charge on any atom is -0.493 e. The minimum absolute atomic E-state index is 0.0409. The molecule has 0 radical (unpaired) electrons. The van der Waals surface area contributed by atoms with Gasteiger partial charge in [0.15, 0.2) is 11.6 Å². The van der Waals surface area contributed by atoms with Gasteiger partial charge < -0.3 is 4.74 Å². The molecular weight excluding hydrogens is 183 g/mol. The lowest BCUT2D eigenvalue weighted by molar-refractivity contribution is 0.107. The number of ether oxygens (including phenoxy) is 1. The van der Waals surface area contributed by atoms with E-state index in [1.54, 1.807) is 0 Å². The van der Waals surface area contributed by atoms with Gasteiger partial charge >= 0.3 is 0 Å². The highest BCUT2D eigenvalue weighted by Crippen LogP contribution is 2.23. The molecule has 1 aromatic carbocycles. The van der Waals surface area contributed by atoms with Gasteiger partial charge in [-0.3, -0.25) is 4.79 Å². The van der Waals surface area contributed by atoms with Crippen molar-refractivity contribution in [2.45, 2.75) is 0 Å². The van der Waals surface area contributed by atoms with E-state index in [2.05, 4.69) is 4.74 Å². The third kappa shape index (κ3) is 1.56. The largest absolute Gasteiger partial charge is 0.493 e. The van der Waals surface area contributed by atoms with Gasteiger partial charge in [0.1, 0.15) is 0 Å². The summed E-state index contributed by atoms with van der Waals surface area (Å²) in [5.74, 6) is -0.707. The predicted octanol–water partition coefficient (Wildman–Crippen LogP) is 2.21. The highest BCUT2D eigenvalue weighted by atomic mass is 35.5. The second kappa shape index (κ2) is 3.54. The standard InChI is InChI=1S/C8H6ClFO2/c1-12-7-5(8(9)11)3-2-4-6(7)10/h2-4H,1H3. The average Bonchev–Trinajstić information content (AvgIpc) is 2.03. The van der Waals surface area contributed by atoms with Gasteiger partial charge in [-0.05, 0) is 23.7 Å². The number of halogens is 2. The fourth-order valence-corrected chi connectivity index (χ4v) is 1.02. The van der Waals surface area contributed by atoms with Gasteiger partial charge in [0.05, 0.1) is 12.7 Å². The number of hydrogen-bond acceptors (Lipinski definition) is 2. The number of carbonyl (C=O) groups excluding carboxylic acids is 1. The molecule has 1 rings (SSSR count). The van der Waals surface area contributed by atoms with Gasteiger partial charge in [-0.25, -0.2) is 4.39 Å². The van der Waals surface area contributed by atoms with Gasteiger partial charge in [0.2, 0.25) is 0 Å². The van der Waals surface area contributed by atoms with Crippen LogP contribution in [0.5, 0.6) is 5.75 Å². The summed E-state index contributed by atoms with van der Waals surface area (Å²) < 4.78 is 17.5. The maximum atomic E-state index is 12.9. The highest BCUT2D eigenvalue weighted by Gasteiger charge is 2.12. The van der Waals surface area contributed by atoms with E-state index in [1.165, 1.54) is 25.3 Å². The molecule has 0 bridgehead atoms. The molecule has 4 heteroatoms. The Balaban J connectivity index is 3.27. The molecule has 0 atom stereocenters. The van der Waals surface area contributed by atoms with Gasteiger partial charge in [-0.2, -0.15) is 0 Å². The summed E-state index contributed by atoms with van der Waals surface area (Å²) in [7, 11) is 1.28. The Labute approximate surface area is 73.9 Å². The third-order valence-corrected chi connectivity index (χ3v) is 1.59. The first kappa shape index (κ1) is 9.00. The maximum Gasteiger partial charge on any atom is 0.256 e. The molecule has 0 aliphatic heterocycles. The number of para-hydroxylation sites is 1. The van der Waals surface area contributed by atoms with E-state index in [9.17, 15) is 9.18 Å². The Hall–Kier alpha value is -1.09. The molecule has 2 nitrogen and oxygen atoms in total. The Morgan fingerprint density at radius 2 is 2.25 bits per heavy atom. The van der Waals surface area contributed by atoms with Crippen LogP contribution in [0.2, 0.25) is 0 Å². The SMILES string of the molecule is COc1c(F)cccc1C(=O)Cl. The van der Waals surface area contributed by atoms with E-state index in [0.29, 0.717) is 0 Å². The molecule has 0 unspecified atom stereocenters. The Morgan fingerprint density at radius 1 is 1.58 bits per heavy atom. The van der Waals surface area contributed by atoms with Crippen molar-refractivity contribution in [2.75, 3.05) is 7.11 Å². The zero-order valence-corrected chi connectivity index (χ0v) is 7.06. The van der Waals surface area contributed by atoms with E-state index in [-0.39, 0.29) is 11.3 Å². The van der Waals surface area contributed by atoms with Crippen LogP contribution < -0.4 is 4.74 Å². The third-order valence-electron chi connectivity index (χ3n) is 1.38. The van der Waals surface area contributed by atoms with Crippen LogP contribution in [0.15, 0.2) is 18.2 Å². The molecule has 64 valence electrons. The summed E-state index contributed by atoms with van der Waals surface area (Å²) in [6.45, 7) is 0. The average molecular weight is 189 g/mol. The molecular formula is C8H6ClFO2. The number of methoxy groups -OCH3 is 1. The summed E-state index contributed by atoms with van der Waals surface area (Å²) in [4.78, 5) is 10.7. The highest BCUT2D eigenvalue weighted by molar-refractivity contribution is 6.68. The number of carbonyl (C=O) groups is 1. The normalized spacial score (nSPS) is 9.58. The van der Waals surface area contributed by atoms with Crippen molar-refractivity contribution in [1.29, 1.82) is 0 Å². The molecule has 0 saturated heterocycles.